The second-order valence-electron chi connectivity index (χ2n) is 6.89. The van der Waals surface area contributed by atoms with Crippen LogP contribution in [0, 0.1) is 0 Å². The summed E-state index contributed by atoms with van der Waals surface area (Å²) < 4.78 is 2.21. The van der Waals surface area contributed by atoms with Crippen molar-refractivity contribution in [1.29, 1.82) is 0 Å². The maximum Gasteiger partial charge on any atom is 0.0949 e. The van der Waals surface area contributed by atoms with E-state index in [2.05, 4.69) is 78.3 Å². The normalized spacial score (nSPS) is 12.5. The van der Waals surface area contributed by atoms with Gasteiger partial charge in [-0.15, -0.1) is 0 Å². The van der Waals surface area contributed by atoms with Crippen molar-refractivity contribution in [2.24, 2.45) is 0 Å². The van der Waals surface area contributed by atoms with Gasteiger partial charge in [0, 0.05) is 25.2 Å². The van der Waals surface area contributed by atoms with Crippen LogP contribution in [-0.2, 0) is 19.4 Å². The first-order valence-electron chi connectivity index (χ1n) is 9.58. The van der Waals surface area contributed by atoms with Crippen molar-refractivity contribution in [3.05, 3.63) is 66.3 Å². The van der Waals surface area contributed by atoms with Gasteiger partial charge in [0.1, 0.15) is 0 Å². The molecular weight excluding hydrogens is 306 g/mol. The molecule has 25 heavy (non-hydrogen) atoms. The summed E-state index contributed by atoms with van der Waals surface area (Å²) in [6, 6.07) is 11.0. The van der Waals surface area contributed by atoms with Crippen LogP contribution in [-0.4, -0.2) is 33.6 Å². The van der Waals surface area contributed by atoms with E-state index in [-0.39, 0.29) is 0 Å². The van der Waals surface area contributed by atoms with Gasteiger partial charge in [-0.1, -0.05) is 62.8 Å². The summed E-state index contributed by atoms with van der Waals surface area (Å²) in [5.74, 6) is 0. The number of benzene rings is 1. The number of aromatic nitrogens is 2. The fourth-order valence-electron chi connectivity index (χ4n) is 3.25. The Balaban J connectivity index is 1.95. The van der Waals surface area contributed by atoms with Gasteiger partial charge in [0.05, 0.1) is 12.0 Å². The molecule has 1 heterocycles. The zero-order valence-electron chi connectivity index (χ0n) is 16.1. The van der Waals surface area contributed by atoms with E-state index >= 15 is 0 Å². The largest absolute Gasteiger partial charge is 0.337 e. The molecule has 0 radical (unpaired) electrons. The Hall–Kier alpha value is -1.87. The molecule has 0 saturated carbocycles. The van der Waals surface area contributed by atoms with Crippen molar-refractivity contribution in [3.63, 3.8) is 0 Å². The van der Waals surface area contributed by atoms with Crippen molar-refractivity contribution in [2.45, 2.75) is 59.0 Å². The van der Waals surface area contributed by atoms with Crippen LogP contribution in [0.5, 0.6) is 0 Å². The van der Waals surface area contributed by atoms with Crippen molar-refractivity contribution < 1.29 is 0 Å². The molecule has 0 N–H and O–H groups in total. The molecule has 1 unspecified atom stereocenters. The SMILES string of the molecule is C=C(C)C(Cc1cn(CCc2ccccc2)cn1)N(CC)CCCC. The van der Waals surface area contributed by atoms with Gasteiger partial charge in [0.2, 0.25) is 0 Å². The van der Waals surface area contributed by atoms with Gasteiger partial charge in [-0.05, 0) is 38.4 Å². The predicted molar refractivity (Wildman–Crippen MR) is 107 cm³/mol. The summed E-state index contributed by atoms with van der Waals surface area (Å²) in [6.07, 6.45) is 8.63. The fraction of sp³-hybridized carbons (Fsp3) is 0.500. The number of unbranched alkanes of at least 4 members (excludes halogenated alkanes) is 1. The molecule has 1 atom stereocenters. The van der Waals surface area contributed by atoms with E-state index in [9.17, 15) is 0 Å². The van der Waals surface area contributed by atoms with Crippen molar-refractivity contribution in [2.75, 3.05) is 13.1 Å². The van der Waals surface area contributed by atoms with Crippen molar-refractivity contribution in [1.82, 2.24) is 14.5 Å². The Kier molecular flexibility index (Phi) is 7.93. The summed E-state index contributed by atoms with van der Waals surface area (Å²) in [7, 11) is 0. The summed E-state index contributed by atoms with van der Waals surface area (Å²) >= 11 is 0. The molecule has 0 aliphatic carbocycles. The molecular formula is C22H33N3. The van der Waals surface area contributed by atoms with Crippen LogP contribution in [0.1, 0.15) is 44.9 Å². The molecule has 2 rings (SSSR count). The zero-order chi connectivity index (χ0) is 18.1. The lowest BCUT2D eigenvalue weighted by Crippen LogP contribution is -2.38. The van der Waals surface area contributed by atoms with Crippen LogP contribution in [0.15, 0.2) is 55.0 Å². The maximum atomic E-state index is 4.64. The van der Waals surface area contributed by atoms with Gasteiger partial charge in [-0.3, -0.25) is 4.90 Å². The second kappa shape index (κ2) is 10.2. The molecule has 0 bridgehead atoms. The summed E-state index contributed by atoms with van der Waals surface area (Å²) in [4.78, 5) is 7.18. The van der Waals surface area contributed by atoms with Crippen LogP contribution in [0.2, 0.25) is 0 Å². The van der Waals surface area contributed by atoms with E-state index in [1.807, 2.05) is 6.33 Å². The molecule has 1 aromatic heterocycles. The van der Waals surface area contributed by atoms with Gasteiger partial charge in [-0.25, -0.2) is 4.98 Å². The van der Waals surface area contributed by atoms with Gasteiger partial charge in [0.25, 0.3) is 0 Å². The summed E-state index contributed by atoms with van der Waals surface area (Å²) in [5.41, 5.74) is 3.77. The highest BCUT2D eigenvalue weighted by Crippen LogP contribution is 2.15. The molecule has 2 aromatic rings. The number of hydrogen-bond donors (Lipinski definition) is 0. The predicted octanol–water partition coefficient (Wildman–Crippen LogP) is 4.74. The average molecular weight is 340 g/mol. The van der Waals surface area contributed by atoms with Crippen molar-refractivity contribution >= 4 is 0 Å². The maximum absolute atomic E-state index is 4.64. The minimum absolute atomic E-state index is 0.383. The van der Waals surface area contributed by atoms with E-state index in [1.54, 1.807) is 0 Å². The molecule has 0 aliphatic rings. The number of hydrogen-bond acceptors (Lipinski definition) is 2. The van der Waals surface area contributed by atoms with Gasteiger partial charge >= 0.3 is 0 Å². The lowest BCUT2D eigenvalue weighted by atomic mass is 10.0. The monoisotopic (exact) mass is 339 g/mol. The van der Waals surface area contributed by atoms with Crippen LogP contribution < -0.4 is 0 Å². The minimum Gasteiger partial charge on any atom is -0.337 e. The molecule has 1 aromatic carbocycles. The third-order valence-electron chi connectivity index (χ3n) is 4.81. The third kappa shape index (κ3) is 6.17. The summed E-state index contributed by atoms with van der Waals surface area (Å²) in [5, 5.41) is 0. The second-order valence-corrected chi connectivity index (χ2v) is 6.89. The quantitative estimate of drug-likeness (QED) is 0.552. The Labute approximate surface area is 153 Å². The first kappa shape index (κ1) is 19.5. The molecule has 136 valence electrons. The van der Waals surface area contributed by atoms with E-state index < -0.39 is 0 Å². The Morgan fingerprint density at radius 2 is 2.00 bits per heavy atom. The van der Waals surface area contributed by atoms with Crippen LogP contribution in [0.4, 0.5) is 0 Å². The van der Waals surface area contributed by atoms with Crippen LogP contribution in [0.25, 0.3) is 0 Å². The van der Waals surface area contributed by atoms with Gasteiger partial charge < -0.3 is 4.57 Å². The van der Waals surface area contributed by atoms with E-state index in [0.717, 1.165) is 38.2 Å². The molecule has 0 spiro atoms. The van der Waals surface area contributed by atoms with Gasteiger partial charge in [-0.2, -0.15) is 0 Å². The lowest BCUT2D eigenvalue weighted by molar-refractivity contribution is 0.226. The number of rotatable bonds is 11. The topological polar surface area (TPSA) is 21.1 Å². The Bertz CT molecular complexity index is 630. The first-order valence-corrected chi connectivity index (χ1v) is 9.58. The van der Waals surface area contributed by atoms with Crippen LogP contribution in [0.3, 0.4) is 0 Å². The average Bonchev–Trinajstić information content (AvgIpc) is 3.08. The third-order valence-corrected chi connectivity index (χ3v) is 4.81. The van der Waals surface area contributed by atoms with E-state index in [1.165, 1.54) is 24.0 Å². The van der Waals surface area contributed by atoms with Gasteiger partial charge in [0.15, 0.2) is 0 Å². The number of nitrogens with zero attached hydrogens (tertiary/aromatic N) is 3. The molecule has 0 amide bonds. The smallest absolute Gasteiger partial charge is 0.0949 e. The highest BCUT2D eigenvalue weighted by atomic mass is 15.2. The lowest BCUT2D eigenvalue weighted by Gasteiger charge is -2.30. The molecule has 0 aliphatic heterocycles. The Morgan fingerprint density at radius 1 is 1.24 bits per heavy atom. The molecule has 3 heteroatoms. The van der Waals surface area contributed by atoms with Crippen molar-refractivity contribution in [3.8, 4) is 0 Å². The first-order chi connectivity index (χ1) is 12.1. The molecule has 0 fully saturated rings. The highest BCUT2D eigenvalue weighted by molar-refractivity contribution is 5.15. The molecule has 0 saturated heterocycles. The number of imidazole rings is 1. The fourth-order valence-corrected chi connectivity index (χ4v) is 3.25. The zero-order valence-corrected chi connectivity index (χ0v) is 16.1. The van der Waals surface area contributed by atoms with Crippen LogP contribution >= 0.6 is 0 Å². The Morgan fingerprint density at radius 3 is 2.64 bits per heavy atom. The summed E-state index contributed by atoms with van der Waals surface area (Å²) in [6.45, 7) is 14.0. The highest BCUT2D eigenvalue weighted by Gasteiger charge is 2.19. The number of aryl methyl sites for hydroxylation is 2. The molecule has 3 nitrogen and oxygen atoms in total. The minimum atomic E-state index is 0.383. The van der Waals surface area contributed by atoms with E-state index in [0.29, 0.717) is 6.04 Å². The van der Waals surface area contributed by atoms with E-state index in [4.69, 9.17) is 0 Å². The standard InChI is InChI=1S/C22H33N3/c1-5-7-14-25(6-2)22(19(3)4)16-21-17-24(18-23-21)15-13-20-11-9-8-10-12-20/h8-12,17-18,22H,3,5-7,13-16H2,1-2,4H3. The number of likely N-dealkylation sites (N-methyl/N-ethyl adjacent to an activating group) is 1.